The number of rotatable bonds is 27. The number of hydrogen-bond acceptors (Lipinski definition) is 4. The van der Waals surface area contributed by atoms with Gasteiger partial charge in [-0.15, -0.1) is 0 Å². The molecule has 0 radical (unpaired) electrons. The Bertz CT molecular complexity index is 258. The summed E-state index contributed by atoms with van der Waals surface area (Å²) in [7, 11) is 0. The first-order valence-electron chi connectivity index (χ1n) is 13.2. The van der Waals surface area contributed by atoms with Crippen molar-refractivity contribution in [3.05, 3.63) is 0 Å². The Hall–Kier alpha value is -0.160. The monoisotopic (exact) mass is 430 g/mol. The van der Waals surface area contributed by atoms with E-state index in [9.17, 15) is 0 Å². The van der Waals surface area contributed by atoms with Crippen molar-refractivity contribution in [1.82, 2.24) is 0 Å². The first-order chi connectivity index (χ1) is 14.9. The van der Waals surface area contributed by atoms with Gasteiger partial charge in [0.2, 0.25) is 0 Å². The van der Waals surface area contributed by atoms with Crippen molar-refractivity contribution in [2.75, 3.05) is 52.9 Å². The molecule has 4 nitrogen and oxygen atoms in total. The quantitative estimate of drug-likeness (QED) is 0.128. The molecule has 0 saturated carbocycles. The summed E-state index contributed by atoms with van der Waals surface area (Å²) < 4.78 is 22.0. The minimum absolute atomic E-state index is 0.635. The van der Waals surface area contributed by atoms with Crippen LogP contribution in [-0.4, -0.2) is 52.9 Å². The summed E-state index contributed by atoms with van der Waals surface area (Å²) in [6.45, 7) is 10.1. The third-order valence-corrected chi connectivity index (χ3v) is 5.40. The van der Waals surface area contributed by atoms with Crippen molar-refractivity contribution in [3.8, 4) is 0 Å². The first-order valence-corrected chi connectivity index (χ1v) is 13.2. The normalized spacial score (nSPS) is 11.4. The highest BCUT2D eigenvalue weighted by Crippen LogP contribution is 2.12. The Labute approximate surface area is 188 Å². The summed E-state index contributed by atoms with van der Waals surface area (Å²) in [4.78, 5) is 0. The van der Waals surface area contributed by atoms with Crippen LogP contribution >= 0.6 is 0 Å². The molecule has 0 aromatic heterocycles. The van der Waals surface area contributed by atoms with E-state index >= 15 is 0 Å². The Kier molecular flexibility index (Phi) is 28.7. The topological polar surface area (TPSA) is 36.9 Å². The summed E-state index contributed by atoms with van der Waals surface area (Å²) in [5.74, 6) is 0. The van der Waals surface area contributed by atoms with Gasteiger partial charge < -0.3 is 18.9 Å². The second-order valence-electron chi connectivity index (χ2n) is 8.40. The molecule has 0 aliphatic carbocycles. The Morgan fingerprint density at radius 3 is 0.900 bits per heavy atom. The lowest BCUT2D eigenvalue weighted by molar-refractivity contribution is -0.00238. The van der Waals surface area contributed by atoms with Crippen LogP contribution in [-0.2, 0) is 18.9 Å². The average molecular weight is 431 g/mol. The van der Waals surface area contributed by atoms with E-state index in [-0.39, 0.29) is 0 Å². The molecule has 0 aromatic carbocycles. The molecular weight excluding hydrogens is 376 g/mol. The van der Waals surface area contributed by atoms with Crippen molar-refractivity contribution >= 4 is 0 Å². The number of ether oxygens (including phenoxy) is 4. The van der Waals surface area contributed by atoms with Gasteiger partial charge >= 0.3 is 0 Å². The molecule has 0 amide bonds. The van der Waals surface area contributed by atoms with E-state index in [0.29, 0.717) is 39.6 Å². The highest BCUT2D eigenvalue weighted by Gasteiger charge is 1.95. The van der Waals surface area contributed by atoms with E-state index in [2.05, 4.69) is 13.8 Å². The number of hydrogen-bond donors (Lipinski definition) is 0. The van der Waals surface area contributed by atoms with Gasteiger partial charge in [-0.1, -0.05) is 104 Å². The molecule has 0 spiro atoms. The molecule has 0 rings (SSSR count). The van der Waals surface area contributed by atoms with Gasteiger partial charge in [0.15, 0.2) is 0 Å². The molecule has 0 unspecified atom stereocenters. The van der Waals surface area contributed by atoms with E-state index in [1.807, 2.05) is 0 Å². The minimum atomic E-state index is 0.635. The maximum Gasteiger partial charge on any atom is 0.0701 e. The Morgan fingerprint density at radius 1 is 0.267 bits per heavy atom. The van der Waals surface area contributed by atoms with Crippen LogP contribution in [0.4, 0.5) is 0 Å². The lowest BCUT2D eigenvalue weighted by atomic mass is 10.0. The SMILES string of the molecule is CCCCCCCCCCCCCCCCOCCOCCOCCOCCCC. The van der Waals surface area contributed by atoms with Crippen molar-refractivity contribution in [1.29, 1.82) is 0 Å². The molecule has 0 fully saturated rings. The first kappa shape index (κ1) is 29.8. The third-order valence-electron chi connectivity index (χ3n) is 5.40. The third kappa shape index (κ3) is 27.8. The van der Waals surface area contributed by atoms with Gasteiger partial charge in [-0.2, -0.15) is 0 Å². The van der Waals surface area contributed by atoms with Crippen molar-refractivity contribution < 1.29 is 18.9 Å². The zero-order valence-corrected chi connectivity index (χ0v) is 20.6. The number of unbranched alkanes of at least 4 members (excludes halogenated alkanes) is 14. The van der Waals surface area contributed by atoms with E-state index in [1.54, 1.807) is 0 Å². The molecule has 182 valence electrons. The zero-order chi connectivity index (χ0) is 21.8. The highest BCUT2D eigenvalue weighted by molar-refractivity contribution is 4.49. The predicted molar refractivity (Wildman–Crippen MR) is 128 cm³/mol. The van der Waals surface area contributed by atoms with E-state index < -0.39 is 0 Å². The second-order valence-corrected chi connectivity index (χ2v) is 8.40. The predicted octanol–water partition coefficient (Wildman–Crippen LogP) is 7.33. The largest absolute Gasteiger partial charge is 0.379 e. The fourth-order valence-electron chi connectivity index (χ4n) is 3.41. The fourth-order valence-corrected chi connectivity index (χ4v) is 3.41. The molecule has 0 atom stereocenters. The maximum atomic E-state index is 5.64. The van der Waals surface area contributed by atoms with E-state index in [0.717, 1.165) is 19.6 Å². The molecule has 30 heavy (non-hydrogen) atoms. The average Bonchev–Trinajstić information content (AvgIpc) is 2.76. The van der Waals surface area contributed by atoms with Crippen LogP contribution < -0.4 is 0 Å². The Morgan fingerprint density at radius 2 is 0.533 bits per heavy atom. The summed E-state index contributed by atoms with van der Waals surface area (Å²) in [6.07, 6.45) is 21.8. The molecule has 0 aromatic rings. The van der Waals surface area contributed by atoms with Gasteiger partial charge in [0.1, 0.15) is 0 Å². The maximum absolute atomic E-state index is 5.64. The van der Waals surface area contributed by atoms with E-state index in [1.165, 1.54) is 96.3 Å². The molecule has 0 heterocycles. The van der Waals surface area contributed by atoms with Crippen molar-refractivity contribution in [2.45, 2.75) is 117 Å². The minimum Gasteiger partial charge on any atom is -0.379 e. The van der Waals surface area contributed by atoms with Crippen molar-refractivity contribution in [3.63, 3.8) is 0 Å². The molecule has 4 heteroatoms. The van der Waals surface area contributed by atoms with Crippen LogP contribution in [0.5, 0.6) is 0 Å². The summed E-state index contributed by atoms with van der Waals surface area (Å²) in [6, 6.07) is 0. The summed E-state index contributed by atoms with van der Waals surface area (Å²) >= 11 is 0. The van der Waals surface area contributed by atoms with Gasteiger partial charge in [-0.05, 0) is 12.8 Å². The van der Waals surface area contributed by atoms with Crippen molar-refractivity contribution in [2.24, 2.45) is 0 Å². The molecule has 0 saturated heterocycles. The van der Waals surface area contributed by atoms with Crippen LogP contribution in [0, 0.1) is 0 Å². The van der Waals surface area contributed by atoms with Crippen LogP contribution in [0.3, 0.4) is 0 Å². The van der Waals surface area contributed by atoms with Crippen LogP contribution in [0.1, 0.15) is 117 Å². The smallest absolute Gasteiger partial charge is 0.0701 e. The lowest BCUT2D eigenvalue weighted by Crippen LogP contribution is -2.12. The molecule has 0 N–H and O–H groups in total. The van der Waals surface area contributed by atoms with Gasteiger partial charge in [0.05, 0.1) is 39.6 Å². The molecule has 0 aliphatic rings. The lowest BCUT2D eigenvalue weighted by Gasteiger charge is -2.07. The van der Waals surface area contributed by atoms with Gasteiger partial charge in [0, 0.05) is 13.2 Å². The van der Waals surface area contributed by atoms with E-state index in [4.69, 9.17) is 18.9 Å². The van der Waals surface area contributed by atoms with Crippen LogP contribution in [0.15, 0.2) is 0 Å². The zero-order valence-electron chi connectivity index (χ0n) is 20.6. The second kappa shape index (κ2) is 28.8. The fraction of sp³-hybridized carbons (Fsp3) is 1.00. The molecule has 0 bridgehead atoms. The van der Waals surface area contributed by atoms with Crippen LogP contribution in [0.25, 0.3) is 0 Å². The Balaban J connectivity index is 2.97. The van der Waals surface area contributed by atoms with Crippen LogP contribution in [0.2, 0.25) is 0 Å². The molecular formula is C26H54O4. The standard InChI is InChI=1S/C26H54O4/c1-3-5-7-8-9-10-11-12-13-14-15-16-17-18-20-28-22-24-30-26-25-29-23-21-27-19-6-4-2/h3-26H2,1-2H3. The van der Waals surface area contributed by atoms with Gasteiger partial charge in [-0.3, -0.25) is 0 Å². The van der Waals surface area contributed by atoms with Gasteiger partial charge in [0.25, 0.3) is 0 Å². The summed E-state index contributed by atoms with van der Waals surface area (Å²) in [5, 5.41) is 0. The molecule has 0 aliphatic heterocycles. The summed E-state index contributed by atoms with van der Waals surface area (Å²) in [5.41, 5.74) is 0. The van der Waals surface area contributed by atoms with Gasteiger partial charge in [-0.25, -0.2) is 0 Å². The highest BCUT2D eigenvalue weighted by atomic mass is 16.6.